The molecule has 206 valence electrons. The molecule has 1 amide bonds. The van der Waals surface area contributed by atoms with Gasteiger partial charge in [-0.05, 0) is 62.1 Å². The summed E-state index contributed by atoms with van der Waals surface area (Å²) in [6.07, 6.45) is 11.1. The number of fused-ring (bicyclic) bond motifs is 1. The van der Waals surface area contributed by atoms with Crippen LogP contribution >= 0.6 is 0 Å². The van der Waals surface area contributed by atoms with Gasteiger partial charge in [-0.2, -0.15) is 0 Å². The Hall–Kier alpha value is -1.70. The Morgan fingerprint density at radius 2 is 1.92 bits per heavy atom. The van der Waals surface area contributed by atoms with Crippen molar-refractivity contribution in [2.24, 2.45) is 17.8 Å². The van der Waals surface area contributed by atoms with Crippen LogP contribution in [-0.4, -0.2) is 61.2 Å². The smallest absolute Gasteiger partial charge is 0.241 e. The Morgan fingerprint density at radius 3 is 2.68 bits per heavy atom. The van der Waals surface area contributed by atoms with E-state index in [-0.39, 0.29) is 36.1 Å². The second kappa shape index (κ2) is 12.0. The lowest BCUT2D eigenvalue weighted by Gasteiger charge is -2.51. The summed E-state index contributed by atoms with van der Waals surface area (Å²) in [6.45, 7) is 4.13. The van der Waals surface area contributed by atoms with Crippen LogP contribution < -0.4 is 15.5 Å². The normalized spacial score (nSPS) is 35.8. The topological polar surface area (TPSA) is 73.8 Å². The van der Waals surface area contributed by atoms with Gasteiger partial charge < -0.3 is 20.1 Å². The number of alkyl halides is 1. The van der Waals surface area contributed by atoms with Crippen LogP contribution in [0.3, 0.4) is 0 Å². The zero-order valence-corrected chi connectivity index (χ0v) is 22.5. The third-order valence-corrected chi connectivity index (χ3v) is 9.89. The monoisotopic (exact) mass is 515 g/mol. The van der Waals surface area contributed by atoms with E-state index in [9.17, 15) is 9.90 Å². The molecule has 6 unspecified atom stereocenters. The van der Waals surface area contributed by atoms with Gasteiger partial charge in [-0.15, -0.1) is 0 Å². The molecule has 4 aliphatic rings. The number of ether oxygens (including phenoxy) is 1. The molecule has 7 heteroatoms. The fraction of sp³-hybridized carbons (Fsp3) is 0.767. The second-order valence-corrected chi connectivity index (χ2v) is 12.0. The minimum Gasteiger partial charge on any atom is -0.394 e. The third-order valence-electron chi connectivity index (χ3n) is 9.89. The van der Waals surface area contributed by atoms with Crippen molar-refractivity contribution in [2.75, 3.05) is 36.6 Å². The molecule has 1 aromatic rings. The van der Waals surface area contributed by atoms with Crippen molar-refractivity contribution in [3.8, 4) is 0 Å². The van der Waals surface area contributed by atoms with Crippen molar-refractivity contribution in [1.82, 2.24) is 5.32 Å². The molecule has 0 aromatic heterocycles. The van der Waals surface area contributed by atoms with Gasteiger partial charge in [0.1, 0.15) is 6.17 Å². The number of amides is 1. The molecule has 3 N–H and O–H groups in total. The fourth-order valence-electron chi connectivity index (χ4n) is 7.96. The van der Waals surface area contributed by atoms with Crippen LogP contribution in [0, 0.1) is 17.8 Å². The van der Waals surface area contributed by atoms with Gasteiger partial charge in [0.2, 0.25) is 5.91 Å². The lowest BCUT2D eigenvalue weighted by atomic mass is 9.59. The Labute approximate surface area is 221 Å². The van der Waals surface area contributed by atoms with Crippen molar-refractivity contribution in [3.63, 3.8) is 0 Å². The molecule has 0 spiro atoms. The molecule has 2 saturated heterocycles. The highest BCUT2D eigenvalue weighted by Gasteiger charge is 2.59. The van der Waals surface area contributed by atoms with E-state index >= 15 is 4.39 Å². The summed E-state index contributed by atoms with van der Waals surface area (Å²) in [5.74, 6) is 0.645. The van der Waals surface area contributed by atoms with Crippen LogP contribution in [0.15, 0.2) is 24.3 Å². The molecule has 4 fully saturated rings. The Bertz CT molecular complexity index is 906. The first-order valence-corrected chi connectivity index (χ1v) is 14.8. The molecular formula is C30H46FN3O3. The van der Waals surface area contributed by atoms with Gasteiger partial charge >= 0.3 is 0 Å². The van der Waals surface area contributed by atoms with Crippen molar-refractivity contribution < 1.29 is 19.0 Å². The van der Waals surface area contributed by atoms with E-state index in [0.29, 0.717) is 44.4 Å². The number of benzene rings is 1. The first-order chi connectivity index (χ1) is 18.0. The number of carbonyl (C=O) groups excluding carboxylic acids is 1. The average Bonchev–Trinajstić information content (AvgIpc) is 3.39. The summed E-state index contributed by atoms with van der Waals surface area (Å²) in [6, 6.07) is 7.36. The van der Waals surface area contributed by atoms with E-state index in [1.165, 1.54) is 38.5 Å². The standard InChI is InChI=1S/C30H46FN3O3/c1-21-13-14-27(31)26-18-28(33-30(21,26)22-9-6-4-2-3-5-7-10-22)29(36)32-23-11-8-12-24(17-23)34-15-16-37-20-25(34)19-35/h8,11-12,17,21-22,25-28,33,35H,2-7,9-10,13-16,18-20H2,1H3,(H,32,36). The molecule has 1 aromatic carbocycles. The van der Waals surface area contributed by atoms with Gasteiger partial charge in [0, 0.05) is 29.4 Å². The van der Waals surface area contributed by atoms with Crippen LogP contribution in [0.1, 0.15) is 77.6 Å². The number of nitrogens with zero attached hydrogens (tertiary/aromatic N) is 1. The lowest BCUT2D eigenvalue weighted by molar-refractivity contribution is -0.118. The molecular weight excluding hydrogens is 469 g/mol. The quantitative estimate of drug-likeness (QED) is 0.511. The molecule has 2 aliphatic carbocycles. The molecule has 5 rings (SSSR count). The Balaban J connectivity index is 1.33. The van der Waals surface area contributed by atoms with E-state index in [0.717, 1.165) is 30.6 Å². The van der Waals surface area contributed by atoms with Crippen LogP contribution in [0.5, 0.6) is 0 Å². The minimum absolute atomic E-state index is 0.0236. The minimum atomic E-state index is -0.839. The predicted molar refractivity (Wildman–Crippen MR) is 146 cm³/mol. The van der Waals surface area contributed by atoms with E-state index in [1.807, 2.05) is 24.3 Å². The number of aliphatic hydroxyl groups excluding tert-OH is 1. The zero-order valence-electron chi connectivity index (χ0n) is 22.5. The van der Waals surface area contributed by atoms with E-state index < -0.39 is 6.17 Å². The third kappa shape index (κ3) is 5.55. The van der Waals surface area contributed by atoms with Crippen LogP contribution in [-0.2, 0) is 9.53 Å². The number of nitrogens with one attached hydrogen (secondary N) is 2. The summed E-state index contributed by atoms with van der Waals surface area (Å²) in [4.78, 5) is 15.8. The fourth-order valence-corrected chi connectivity index (χ4v) is 7.96. The summed E-state index contributed by atoms with van der Waals surface area (Å²) in [7, 11) is 0. The highest BCUT2D eigenvalue weighted by molar-refractivity contribution is 5.95. The number of anilines is 2. The second-order valence-electron chi connectivity index (χ2n) is 12.0. The van der Waals surface area contributed by atoms with Crippen molar-refractivity contribution in [3.05, 3.63) is 24.3 Å². The van der Waals surface area contributed by atoms with E-state index in [4.69, 9.17) is 4.74 Å². The number of hydrogen-bond donors (Lipinski definition) is 3. The van der Waals surface area contributed by atoms with Gasteiger partial charge in [0.05, 0.1) is 31.9 Å². The lowest BCUT2D eigenvalue weighted by Crippen LogP contribution is -2.62. The molecule has 37 heavy (non-hydrogen) atoms. The predicted octanol–water partition coefficient (Wildman–Crippen LogP) is 5.06. The van der Waals surface area contributed by atoms with Gasteiger partial charge in [-0.1, -0.05) is 51.5 Å². The van der Waals surface area contributed by atoms with Crippen molar-refractivity contribution in [1.29, 1.82) is 0 Å². The Morgan fingerprint density at radius 1 is 1.16 bits per heavy atom. The van der Waals surface area contributed by atoms with Crippen LogP contribution in [0.4, 0.5) is 15.8 Å². The first-order valence-electron chi connectivity index (χ1n) is 14.8. The summed E-state index contributed by atoms with van der Waals surface area (Å²) in [5, 5.41) is 16.7. The van der Waals surface area contributed by atoms with Crippen LogP contribution in [0.25, 0.3) is 0 Å². The summed E-state index contributed by atoms with van der Waals surface area (Å²) >= 11 is 0. The van der Waals surface area contributed by atoms with Crippen molar-refractivity contribution >= 4 is 17.3 Å². The van der Waals surface area contributed by atoms with E-state index in [2.05, 4.69) is 22.5 Å². The van der Waals surface area contributed by atoms with Gasteiger partial charge in [-0.25, -0.2) is 4.39 Å². The molecule has 0 radical (unpaired) electrons. The molecule has 2 aliphatic heterocycles. The largest absolute Gasteiger partial charge is 0.394 e. The molecule has 2 saturated carbocycles. The maximum absolute atomic E-state index is 15.6. The van der Waals surface area contributed by atoms with Crippen molar-refractivity contribution in [2.45, 2.75) is 101 Å². The number of halogens is 1. The first kappa shape index (κ1) is 26.9. The molecule has 2 heterocycles. The average molecular weight is 516 g/mol. The SMILES string of the molecule is CC1CCC(F)C2CC(C(=O)Nc3cccc(N4CCOCC4CO)c3)NC12C1CCCCCCCC1. The van der Waals surface area contributed by atoms with Crippen LogP contribution in [0.2, 0.25) is 0 Å². The van der Waals surface area contributed by atoms with Gasteiger partial charge in [-0.3, -0.25) is 10.1 Å². The number of aliphatic hydroxyl groups is 1. The highest BCUT2D eigenvalue weighted by atomic mass is 19.1. The summed E-state index contributed by atoms with van der Waals surface area (Å²) in [5.41, 5.74) is 1.42. The molecule has 6 atom stereocenters. The maximum Gasteiger partial charge on any atom is 0.241 e. The highest BCUT2D eigenvalue weighted by Crippen LogP contribution is 2.53. The Kier molecular flexibility index (Phi) is 8.72. The number of carbonyl (C=O) groups is 1. The summed E-state index contributed by atoms with van der Waals surface area (Å²) < 4.78 is 21.1. The molecule has 6 nitrogen and oxygen atoms in total. The maximum atomic E-state index is 15.6. The number of morpholine rings is 1. The number of hydrogen-bond acceptors (Lipinski definition) is 5. The van der Waals surface area contributed by atoms with E-state index in [1.54, 1.807) is 0 Å². The van der Waals surface area contributed by atoms with Gasteiger partial charge in [0.15, 0.2) is 0 Å². The zero-order chi connectivity index (χ0) is 25.8. The molecule has 0 bridgehead atoms. The number of rotatable bonds is 5. The van der Waals surface area contributed by atoms with Gasteiger partial charge in [0.25, 0.3) is 0 Å².